The van der Waals surface area contributed by atoms with Crippen LogP contribution in [0, 0.1) is 0 Å². The van der Waals surface area contributed by atoms with Gasteiger partial charge in [0.05, 0.1) is 31.1 Å². The number of anilines is 1. The highest BCUT2D eigenvalue weighted by Gasteiger charge is 2.23. The van der Waals surface area contributed by atoms with Crippen molar-refractivity contribution in [1.29, 1.82) is 0 Å². The molecular weight excluding hydrogens is 481 g/mol. The summed E-state index contributed by atoms with van der Waals surface area (Å²) in [6.45, 7) is 4.22. The molecule has 0 aromatic carbocycles. The van der Waals surface area contributed by atoms with Gasteiger partial charge in [0.25, 0.3) is 0 Å². The van der Waals surface area contributed by atoms with Crippen LogP contribution in [0.1, 0.15) is 37.8 Å². The van der Waals surface area contributed by atoms with Crippen molar-refractivity contribution in [1.82, 2.24) is 15.2 Å². The fourth-order valence-corrected chi connectivity index (χ4v) is 3.73. The monoisotopic (exact) mass is 517 g/mol. The fourth-order valence-electron chi connectivity index (χ4n) is 3.73. The van der Waals surface area contributed by atoms with Crippen LogP contribution < -0.4 is 10.2 Å². The molecule has 0 radical (unpaired) electrons. The SMILES string of the molecule is CN=C(NCc1cccc(N(C)C)n1)N1CCC(OCC2CCCCO2)CC1.I. The zero-order valence-electron chi connectivity index (χ0n) is 18.0. The van der Waals surface area contributed by atoms with E-state index in [-0.39, 0.29) is 24.0 Å². The Bertz CT molecular complexity index is 629. The molecule has 2 saturated heterocycles. The second-order valence-electron chi connectivity index (χ2n) is 7.79. The number of pyridine rings is 1. The molecular formula is C21H36IN5O2. The first-order valence-electron chi connectivity index (χ1n) is 10.5. The molecule has 29 heavy (non-hydrogen) atoms. The van der Waals surface area contributed by atoms with Crippen molar-refractivity contribution >= 4 is 35.8 Å². The molecule has 164 valence electrons. The lowest BCUT2D eigenvalue weighted by Gasteiger charge is -2.35. The van der Waals surface area contributed by atoms with Crippen molar-refractivity contribution in [2.75, 3.05) is 52.3 Å². The van der Waals surface area contributed by atoms with Crippen LogP contribution in [0.3, 0.4) is 0 Å². The standard InChI is InChI=1S/C21H35N5O2.HI/c1-22-21(23-15-17-7-6-9-20(24-17)25(2)3)26-12-10-18(11-13-26)28-16-19-8-4-5-14-27-19;/h6-7,9,18-19H,4-5,8,10-16H2,1-3H3,(H,22,23);1H. The minimum atomic E-state index is 0. The average Bonchev–Trinajstić information content (AvgIpc) is 2.74. The van der Waals surface area contributed by atoms with Crippen LogP contribution in [0.5, 0.6) is 0 Å². The third kappa shape index (κ3) is 7.57. The largest absolute Gasteiger partial charge is 0.376 e. The highest BCUT2D eigenvalue weighted by Crippen LogP contribution is 2.18. The first kappa shape index (κ1) is 24.1. The molecule has 0 amide bonds. The molecule has 3 heterocycles. The lowest BCUT2D eigenvalue weighted by atomic mass is 10.1. The Morgan fingerprint density at radius 2 is 2.07 bits per heavy atom. The van der Waals surface area contributed by atoms with Crippen molar-refractivity contribution in [2.24, 2.45) is 4.99 Å². The number of rotatable bonds is 6. The van der Waals surface area contributed by atoms with Crippen molar-refractivity contribution in [2.45, 2.75) is 50.9 Å². The van der Waals surface area contributed by atoms with Gasteiger partial charge in [-0.1, -0.05) is 6.07 Å². The number of guanidine groups is 1. The molecule has 0 saturated carbocycles. The third-order valence-electron chi connectivity index (χ3n) is 5.42. The number of hydrogen-bond acceptors (Lipinski definition) is 5. The van der Waals surface area contributed by atoms with Gasteiger partial charge in [-0.2, -0.15) is 0 Å². The highest BCUT2D eigenvalue weighted by molar-refractivity contribution is 14.0. The zero-order valence-corrected chi connectivity index (χ0v) is 20.3. The van der Waals surface area contributed by atoms with Gasteiger partial charge < -0.3 is 24.6 Å². The van der Waals surface area contributed by atoms with Crippen LogP contribution in [-0.4, -0.2) is 75.5 Å². The van der Waals surface area contributed by atoms with E-state index in [1.54, 1.807) is 0 Å². The van der Waals surface area contributed by atoms with E-state index in [4.69, 9.17) is 9.47 Å². The molecule has 1 unspecified atom stereocenters. The topological polar surface area (TPSA) is 62.2 Å². The average molecular weight is 517 g/mol. The highest BCUT2D eigenvalue weighted by atomic mass is 127. The summed E-state index contributed by atoms with van der Waals surface area (Å²) in [5.41, 5.74) is 1.01. The maximum absolute atomic E-state index is 6.12. The minimum absolute atomic E-state index is 0. The molecule has 1 aromatic heterocycles. The van der Waals surface area contributed by atoms with Gasteiger partial charge in [-0.3, -0.25) is 4.99 Å². The number of aromatic nitrogens is 1. The Balaban J connectivity index is 0.00000300. The van der Waals surface area contributed by atoms with Crippen LogP contribution in [0.4, 0.5) is 5.82 Å². The Morgan fingerprint density at radius 1 is 1.28 bits per heavy atom. The molecule has 2 fully saturated rings. The normalized spacial score (nSPS) is 20.9. The molecule has 1 aromatic rings. The Hall–Kier alpha value is -1.13. The molecule has 1 N–H and O–H groups in total. The van der Waals surface area contributed by atoms with Crippen molar-refractivity contribution < 1.29 is 9.47 Å². The second-order valence-corrected chi connectivity index (χ2v) is 7.79. The summed E-state index contributed by atoms with van der Waals surface area (Å²) in [6, 6.07) is 6.10. The molecule has 1 atom stereocenters. The number of halogens is 1. The molecule has 3 rings (SSSR count). The van der Waals surface area contributed by atoms with Gasteiger partial charge in [0.15, 0.2) is 5.96 Å². The summed E-state index contributed by atoms with van der Waals surface area (Å²) in [5, 5.41) is 3.45. The maximum Gasteiger partial charge on any atom is 0.193 e. The number of aliphatic imine (C=N–C) groups is 1. The molecule has 8 heteroatoms. The number of nitrogens with one attached hydrogen (secondary N) is 1. The molecule has 0 aliphatic carbocycles. The Kier molecular flexibility index (Phi) is 10.4. The first-order chi connectivity index (χ1) is 13.7. The predicted molar refractivity (Wildman–Crippen MR) is 128 cm³/mol. The summed E-state index contributed by atoms with van der Waals surface area (Å²) in [6.07, 6.45) is 6.28. The lowest BCUT2D eigenvalue weighted by molar-refractivity contribution is -0.0721. The predicted octanol–water partition coefficient (Wildman–Crippen LogP) is 2.89. The number of nitrogens with zero attached hydrogens (tertiary/aromatic N) is 4. The van der Waals surface area contributed by atoms with E-state index in [9.17, 15) is 0 Å². The summed E-state index contributed by atoms with van der Waals surface area (Å²) in [7, 11) is 5.85. The van der Waals surface area contributed by atoms with E-state index in [0.717, 1.165) is 63.0 Å². The Labute approximate surface area is 192 Å². The fraction of sp³-hybridized carbons (Fsp3) is 0.714. The molecule has 7 nitrogen and oxygen atoms in total. The van der Waals surface area contributed by atoms with E-state index >= 15 is 0 Å². The molecule has 0 bridgehead atoms. The Morgan fingerprint density at radius 3 is 2.72 bits per heavy atom. The van der Waals surface area contributed by atoms with E-state index in [0.29, 0.717) is 18.8 Å². The summed E-state index contributed by atoms with van der Waals surface area (Å²) >= 11 is 0. The van der Waals surface area contributed by atoms with Crippen LogP contribution >= 0.6 is 24.0 Å². The molecule has 0 spiro atoms. The number of likely N-dealkylation sites (tertiary alicyclic amines) is 1. The van der Waals surface area contributed by atoms with Crippen molar-refractivity contribution in [3.05, 3.63) is 23.9 Å². The quantitative estimate of drug-likeness (QED) is 0.356. The van der Waals surface area contributed by atoms with Crippen LogP contribution in [0.25, 0.3) is 0 Å². The van der Waals surface area contributed by atoms with Crippen molar-refractivity contribution in [3.8, 4) is 0 Å². The van der Waals surface area contributed by atoms with Crippen LogP contribution in [-0.2, 0) is 16.0 Å². The van der Waals surface area contributed by atoms with Crippen LogP contribution in [0.2, 0.25) is 0 Å². The van der Waals surface area contributed by atoms with E-state index in [1.165, 1.54) is 12.8 Å². The van der Waals surface area contributed by atoms with Gasteiger partial charge in [-0.15, -0.1) is 24.0 Å². The maximum atomic E-state index is 6.12. The number of hydrogen-bond donors (Lipinski definition) is 1. The smallest absolute Gasteiger partial charge is 0.193 e. The zero-order chi connectivity index (χ0) is 19.8. The van der Waals surface area contributed by atoms with Gasteiger partial charge in [0.1, 0.15) is 5.82 Å². The van der Waals surface area contributed by atoms with Gasteiger partial charge in [-0.05, 0) is 44.2 Å². The van der Waals surface area contributed by atoms with Gasteiger partial charge in [-0.25, -0.2) is 4.98 Å². The van der Waals surface area contributed by atoms with Gasteiger partial charge in [0.2, 0.25) is 0 Å². The number of ether oxygens (including phenoxy) is 2. The third-order valence-corrected chi connectivity index (χ3v) is 5.42. The first-order valence-corrected chi connectivity index (χ1v) is 10.5. The molecule has 2 aliphatic rings. The van der Waals surface area contributed by atoms with E-state index in [2.05, 4.69) is 20.2 Å². The van der Waals surface area contributed by atoms with E-state index < -0.39 is 0 Å². The van der Waals surface area contributed by atoms with Gasteiger partial charge >= 0.3 is 0 Å². The minimum Gasteiger partial charge on any atom is -0.376 e. The lowest BCUT2D eigenvalue weighted by Crippen LogP contribution is -2.47. The summed E-state index contributed by atoms with van der Waals surface area (Å²) < 4.78 is 11.9. The summed E-state index contributed by atoms with van der Waals surface area (Å²) in [5.74, 6) is 1.90. The number of piperidine rings is 1. The van der Waals surface area contributed by atoms with Gasteiger partial charge in [0, 0.05) is 40.8 Å². The van der Waals surface area contributed by atoms with Crippen molar-refractivity contribution in [3.63, 3.8) is 0 Å². The second kappa shape index (κ2) is 12.5. The summed E-state index contributed by atoms with van der Waals surface area (Å²) in [4.78, 5) is 13.5. The van der Waals surface area contributed by atoms with Crippen LogP contribution in [0.15, 0.2) is 23.2 Å². The molecule has 2 aliphatic heterocycles. The van der Waals surface area contributed by atoms with E-state index in [1.807, 2.05) is 44.2 Å².